The van der Waals surface area contributed by atoms with Gasteiger partial charge >= 0.3 is 5.97 Å². The highest BCUT2D eigenvalue weighted by atomic mass is 16.5. The third kappa shape index (κ3) is 2.87. The van der Waals surface area contributed by atoms with Crippen LogP contribution in [-0.2, 0) is 16.1 Å². The minimum atomic E-state index is -0.331. The second-order valence-electron chi connectivity index (χ2n) is 2.92. The lowest BCUT2D eigenvalue weighted by Gasteiger charge is -2.12. The predicted octanol–water partition coefficient (Wildman–Crippen LogP) is 1.77. The van der Waals surface area contributed by atoms with Gasteiger partial charge in [-0.1, -0.05) is 6.07 Å². The summed E-state index contributed by atoms with van der Waals surface area (Å²) in [5, 5.41) is 0. The summed E-state index contributed by atoms with van der Waals surface area (Å²) in [7, 11) is 3.12. The van der Waals surface area contributed by atoms with Crippen LogP contribution in [-0.4, -0.2) is 20.2 Å². The van der Waals surface area contributed by atoms with E-state index in [0.29, 0.717) is 11.5 Å². The molecular formula is C11H14O4. The SMILES string of the molecule is COc1cccc(OC)c1COC(C)=O. The topological polar surface area (TPSA) is 44.8 Å². The van der Waals surface area contributed by atoms with Crippen LogP contribution in [0.4, 0.5) is 0 Å². The molecule has 0 aliphatic rings. The molecular weight excluding hydrogens is 196 g/mol. The van der Waals surface area contributed by atoms with E-state index >= 15 is 0 Å². The molecule has 4 heteroatoms. The Morgan fingerprint density at radius 1 is 1.20 bits per heavy atom. The maximum Gasteiger partial charge on any atom is 0.302 e. The number of methoxy groups -OCH3 is 2. The predicted molar refractivity (Wildman–Crippen MR) is 55.0 cm³/mol. The lowest BCUT2D eigenvalue weighted by Crippen LogP contribution is -2.02. The second kappa shape index (κ2) is 5.24. The number of ether oxygens (including phenoxy) is 3. The van der Waals surface area contributed by atoms with Crippen molar-refractivity contribution in [3.8, 4) is 11.5 Å². The first kappa shape index (κ1) is 11.4. The minimum absolute atomic E-state index is 0.155. The largest absolute Gasteiger partial charge is 0.496 e. The van der Waals surface area contributed by atoms with E-state index in [0.717, 1.165) is 5.56 Å². The summed E-state index contributed by atoms with van der Waals surface area (Å²) in [4.78, 5) is 10.7. The fourth-order valence-corrected chi connectivity index (χ4v) is 1.24. The molecule has 0 heterocycles. The Morgan fingerprint density at radius 3 is 2.13 bits per heavy atom. The van der Waals surface area contributed by atoms with Gasteiger partial charge in [-0.05, 0) is 12.1 Å². The summed E-state index contributed by atoms with van der Waals surface area (Å²) in [6, 6.07) is 5.40. The van der Waals surface area contributed by atoms with Crippen LogP contribution < -0.4 is 9.47 Å². The van der Waals surface area contributed by atoms with Crippen molar-refractivity contribution >= 4 is 5.97 Å². The lowest BCUT2D eigenvalue weighted by molar-refractivity contribution is -0.142. The van der Waals surface area contributed by atoms with Crippen molar-refractivity contribution in [3.05, 3.63) is 23.8 Å². The van der Waals surface area contributed by atoms with Crippen molar-refractivity contribution in [2.75, 3.05) is 14.2 Å². The van der Waals surface area contributed by atoms with E-state index in [-0.39, 0.29) is 12.6 Å². The second-order valence-corrected chi connectivity index (χ2v) is 2.92. The van der Waals surface area contributed by atoms with E-state index in [1.807, 2.05) is 6.07 Å². The third-order valence-corrected chi connectivity index (χ3v) is 1.95. The van der Waals surface area contributed by atoms with Gasteiger partial charge in [-0.15, -0.1) is 0 Å². The summed E-state index contributed by atoms with van der Waals surface area (Å²) in [6.45, 7) is 1.52. The molecule has 0 aliphatic heterocycles. The Kier molecular flexibility index (Phi) is 3.97. The number of carbonyl (C=O) groups is 1. The first-order valence-electron chi connectivity index (χ1n) is 4.52. The fraction of sp³-hybridized carbons (Fsp3) is 0.364. The summed E-state index contributed by atoms with van der Waals surface area (Å²) < 4.78 is 15.2. The van der Waals surface area contributed by atoms with Crippen molar-refractivity contribution in [1.82, 2.24) is 0 Å². The van der Waals surface area contributed by atoms with Crippen LogP contribution in [0.15, 0.2) is 18.2 Å². The molecule has 4 nitrogen and oxygen atoms in total. The Balaban J connectivity index is 2.94. The highest BCUT2D eigenvalue weighted by molar-refractivity contribution is 5.66. The van der Waals surface area contributed by atoms with Crippen LogP contribution in [0.25, 0.3) is 0 Å². The minimum Gasteiger partial charge on any atom is -0.496 e. The van der Waals surface area contributed by atoms with Crippen LogP contribution in [0.2, 0.25) is 0 Å². The van der Waals surface area contributed by atoms with Gasteiger partial charge in [-0.25, -0.2) is 0 Å². The maximum atomic E-state index is 10.7. The summed E-state index contributed by atoms with van der Waals surface area (Å²) in [5.41, 5.74) is 0.734. The van der Waals surface area contributed by atoms with Gasteiger partial charge in [-0.2, -0.15) is 0 Å². The van der Waals surface area contributed by atoms with Crippen molar-refractivity contribution in [3.63, 3.8) is 0 Å². The fourth-order valence-electron chi connectivity index (χ4n) is 1.24. The Morgan fingerprint density at radius 2 is 1.73 bits per heavy atom. The molecule has 0 bridgehead atoms. The van der Waals surface area contributed by atoms with Gasteiger partial charge in [0.15, 0.2) is 0 Å². The molecule has 1 aromatic carbocycles. The zero-order valence-corrected chi connectivity index (χ0v) is 9.07. The molecule has 0 aliphatic carbocycles. The Hall–Kier alpha value is -1.71. The van der Waals surface area contributed by atoms with Crippen LogP contribution in [0.1, 0.15) is 12.5 Å². The summed E-state index contributed by atoms with van der Waals surface area (Å²) in [6.07, 6.45) is 0. The van der Waals surface area contributed by atoms with Gasteiger partial charge < -0.3 is 14.2 Å². The molecule has 1 aromatic rings. The third-order valence-electron chi connectivity index (χ3n) is 1.95. The standard InChI is InChI=1S/C11H14O4/c1-8(12)15-7-9-10(13-2)5-4-6-11(9)14-3/h4-6H,7H2,1-3H3. The average Bonchev–Trinajstić information content (AvgIpc) is 2.25. The molecule has 0 unspecified atom stereocenters. The van der Waals surface area contributed by atoms with Crippen LogP contribution in [0.3, 0.4) is 0 Å². The number of hydrogen-bond acceptors (Lipinski definition) is 4. The van der Waals surface area contributed by atoms with Gasteiger partial charge in [0, 0.05) is 6.92 Å². The van der Waals surface area contributed by atoms with E-state index in [1.54, 1.807) is 26.4 Å². The molecule has 0 spiro atoms. The van der Waals surface area contributed by atoms with E-state index in [9.17, 15) is 4.79 Å². The summed E-state index contributed by atoms with van der Waals surface area (Å²) in [5.74, 6) is 0.967. The lowest BCUT2D eigenvalue weighted by atomic mass is 10.2. The number of esters is 1. The van der Waals surface area contributed by atoms with Gasteiger partial charge in [0.1, 0.15) is 18.1 Å². The zero-order chi connectivity index (χ0) is 11.3. The molecule has 0 saturated heterocycles. The molecule has 82 valence electrons. The molecule has 1 rings (SSSR count). The quantitative estimate of drug-likeness (QED) is 0.710. The highest BCUT2D eigenvalue weighted by Crippen LogP contribution is 2.28. The van der Waals surface area contributed by atoms with Crippen molar-refractivity contribution in [2.45, 2.75) is 13.5 Å². The smallest absolute Gasteiger partial charge is 0.302 e. The van der Waals surface area contributed by atoms with Crippen molar-refractivity contribution < 1.29 is 19.0 Å². The van der Waals surface area contributed by atoms with E-state index < -0.39 is 0 Å². The molecule has 0 saturated carbocycles. The molecule has 0 radical (unpaired) electrons. The van der Waals surface area contributed by atoms with Crippen LogP contribution >= 0.6 is 0 Å². The maximum absolute atomic E-state index is 10.7. The van der Waals surface area contributed by atoms with Crippen LogP contribution in [0, 0.1) is 0 Å². The number of rotatable bonds is 4. The van der Waals surface area contributed by atoms with Gasteiger partial charge in [0.25, 0.3) is 0 Å². The molecule has 0 aromatic heterocycles. The van der Waals surface area contributed by atoms with Crippen LogP contribution in [0.5, 0.6) is 11.5 Å². The van der Waals surface area contributed by atoms with Crippen molar-refractivity contribution in [1.29, 1.82) is 0 Å². The average molecular weight is 210 g/mol. The molecule has 0 atom stereocenters. The van der Waals surface area contributed by atoms with Gasteiger partial charge in [0.2, 0.25) is 0 Å². The first-order valence-corrected chi connectivity index (χ1v) is 4.52. The Bertz CT molecular complexity index is 324. The monoisotopic (exact) mass is 210 g/mol. The van der Waals surface area contributed by atoms with Crippen molar-refractivity contribution in [2.24, 2.45) is 0 Å². The Labute approximate surface area is 88.8 Å². The van der Waals surface area contributed by atoms with Gasteiger partial charge in [0.05, 0.1) is 19.8 Å². The zero-order valence-electron chi connectivity index (χ0n) is 9.07. The molecule has 0 fully saturated rings. The number of benzene rings is 1. The highest BCUT2D eigenvalue weighted by Gasteiger charge is 2.10. The number of carbonyl (C=O) groups excluding carboxylic acids is 1. The van der Waals surface area contributed by atoms with E-state index in [2.05, 4.69) is 0 Å². The molecule has 0 N–H and O–H groups in total. The molecule has 15 heavy (non-hydrogen) atoms. The normalized spacial score (nSPS) is 9.53. The first-order chi connectivity index (χ1) is 7.19. The molecule has 0 amide bonds. The number of hydrogen-bond donors (Lipinski definition) is 0. The van der Waals surface area contributed by atoms with E-state index in [4.69, 9.17) is 14.2 Å². The van der Waals surface area contributed by atoms with Gasteiger partial charge in [-0.3, -0.25) is 4.79 Å². The van der Waals surface area contributed by atoms with E-state index in [1.165, 1.54) is 6.92 Å². The summed E-state index contributed by atoms with van der Waals surface area (Å²) >= 11 is 0.